The average molecular weight is 407 g/mol. The van der Waals surface area contributed by atoms with Crippen molar-refractivity contribution >= 4 is 49.2 Å². The average Bonchev–Trinajstić information content (AvgIpc) is 2.90. The van der Waals surface area contributed by atoms with E-state index < -0.39 is 0 Å². The summed E-state index contributed by atoms with van der Waals surface area (Å²) in [4.78, 5) is 34.4. The zero-order chi connectivity index (χ0) is 17.3. The normalized spacial score (nSPS) is 11.0. The third-order valence-corrected chi connectivity index (χ3v) is 5.00. The predicted molar refractivity (Wildman–Crippen MR) is 98.6 cm³/mol. The number of aromatic nitrogens is 3. The van der Waals surface area contributed by atoms with Gasteiger partial charge in [0.15, 0.2) is 5.13 Å². The van der Waals surface area contributed by atoms with Gasteiger partial charge in [-0.1, -0.05) is 22.9 Å². The number of anilines is 1. The van der Waals surface area contributed by atoms with E-state index in [-0.39, 0.29) is 18.0 Å². The summed E-state index contributed by atoms with van der Waals surface area (Å²) < 4.78 is 2.09. The van der Waals surface area contributed by atoms with Crippen molar-refractivity contribution in [3.63, 3.8) is 0 Å². The van der Waals surface area contributed by atoms with E-state index in [2.05, 4.69) is 31.2 Å². The molecule has 3 rings (SSSR count). The van der Waals surface area contributed by atoms with E-state index in [1.807, 2.05) is 19.9 Å². The Morgan fingerprint density at radius 2 is 2.21 bits per heavy atom. The lowest BCUT2D eigenvalue weighted by Crippen LogP contribution is -2.27. The molecule has 24 heavy (non-hydrogen) atoms. The molecule has 3 aromatic rings. The number of aryl methyl sites for hydroxylation is 2. The number of rotatable bonds is 4. The van der Waals surface area contributed by atoms with Crippen molar-refractivity contribution in [2.45, 2.75) is 26.8 Å². The number of carbonyl (C=O) groups is 1. The van der Waals surface area contributed by atoms with Crippen molar-refractivity contribution in [2.75, 3.05) is 5.32 Å². The molecule has 0 radical (unpaired) electrons. The van der Waals surface area contributed by atoms with Gasteiger partial charge in [0, 0.05) is 9.35 Å². The van der Waals surface area contributed by atoms with Crippen LogP contribution in [0.4, 0.5) is 5.13 Å². The smallest absolute Gasteiger partial charge is 0.261 e. The number of hydrogen-bond acceptors (Lipinski definition) is 5. The molecule has 1 N–H and O–H groups in total. The minimum atomic E-state index is -0.301. The summed E-state index contributed by atoms with van der Waals surface area (Å²) in [5.74, 6) is -0.301. The van der Waals surface area contributed by atoms with Gasteiger partial charge in [-0.25, -0.2) is 9.97 Å². The van der Waals surface area contributed by atoms with Crippen LogP contribution in [0.2, 0.25) is 0 Å². The zero-order valence-electron chi connectivity index (χ0n) is 13.2. The van der Waals surface area contributed by atoms with Gasteiger partial charge in [0.2, 0.25) is 5.91 Å². The SMILES string of the molecule is CCc1nc(NC(=O)Cn2cnc3ccc(Br)cc3c2=O)sc1C. The Hall–Kier alpha value is -2.06. The van der Waals surface area contributed by atoms with Gasteiger partial charge in [0.1, 0.15) is 6.54 Å². The second-order valence-electron chi connectivity index (χ2n) is 5.26. The van der Waals surface area contributed by atoms with Gasteiger partial charge in [-0.05, 0) is 31.5 Å². The highest BCUT2D eigenvalue weighted by molar-refractivity contribution is 9.10. The first-order valence-electron chi connectivity index (χ1n) is 7.38. The Kier molecular flexibility index (Phi) is 4.77. The van der Waals surface area contributed by atoms with Crippen molar-refractivity contribution in [3.05, 3.63) is 49.9 Å². The molecular formula is C16H15BrN4O2S. The molecule has 0 unspecified atom stereocenters. The lowest BCUT2D eigenvalue weighted by Gasteiger charge is -2.06. The molecule has 0 atom stereocenters. The second-order valence-corrected chi connectivity index (χ2v) is 7.38. The molecule has 2 heterocycles. The van der Waals surface area contributed by atoms with Crippen molar-refractivity contribution in [2.24, 2.45) is 0 Å². The molecule has 6 nitrogen and oxygen atoms in total. The van der Waals surface area contributed by atoms with Gasteiger partial charge in [-0.15, -0.1) is 11.3 Å². The van der Waals surface area contributed by atoms with Gasteiger partial charge in [0.25, 0.3) is 5.56 Å². The molecular weight excluding hydrogens is 392 g/mol. The molecule has 8 heteroatoms. The molecule has 2 aromatic heterocycles. The molecule has 124 valence electrons. The van der Waals surface area contributed by atoms with E-state index in [9.17, 15) is 9.59 Å². The largest absolute Gasteiger partial charge is 0.300 e. The first-order valence-corrected chi connectivity index (χ1v) is 8.99. The number of halogens is 1. The second kappa shape index (κ2) is 6.82. The topological polar surface area (TPSA) is 76.9 Å². The van der Waals surface area contributed by atoms with Crippen molar-refractivity contribution < 1.29 is 4.79 Å². The summed E-state index contributed by atoms with van der Waals surface area (Å²) in [5.41, 5.74) is 1.33. The standard InChI is InChI=1S/C16H15BrN4O2S/c1-3-12-9(2)24-16(19-12)20-14(22)7-21-8-18-13-5-4-10(17)6-11(13)15(21)23/h4-6,8H,3,7H2,1-2H3,(H,19,20,22). The number of benzene rings is 1. The molecule has 0 saturated heterocycles. The Morgan fingerprint density at radius 3 is 2.92 bits per heavy atom. The molecule has 1 aromatic carbocycles. The van der Waals surface area contributed by atoms with Crippen LogP contribution < -0.4 is 10.9 Å². The van der Waals surface area contributed by atoms with Gasteiger partial charge in [0.05, 0.1) is 22.9 Å². The number of fused-ring (bicyclic) bond motifs is 1. The number of amides is 1. The minimum absolute atomic E-state index is 0.103. The van der Waals surface area contributed by atoms with Crippen LogP contribution in [0.25, 0.3) is 10.9 Å². The van der Waals surface area contributed by atoms with E-state index in [0.29, 0.717) is 16.0 Å². The molecule has 0 spiro atoms. The summed E-state index contributed by atoms with van der Waals surface area (Å²) in [5, 5.41) is 3.77. The third kappa shape index (κ3) is 3.39. The zero-order valence-corrected chi connectivity index (χ0v) is 15.6. The van der Waals surface area contributed by atoms with E-state index in [1.165, 1.54) is 22.2 Å². The summed E-state index contributed by atoms with van der Waals surface area (Å²) in [7, 11) is 0. The van der Waals surface area contributed by atoms with Crippen LogP contribution in [0.3, 0.4) is 0 Å². The van der Waals surface area contributed by atoms with Crippen LogP contribution in [-0.2, 0) is 17.8 Å². The first-order chi connectivity index (χ1) is 11.5. The molecule has 0 aliphatic carbocycles. The summed E-state index contributed by atoms with van der Waals surface area (Å²) in [6.07, 6.45) is 2.21. The van der Waals surface area contributed by atoms with Gasteiger partial charge >= 0.3 is 0 Å². The molecule has 0 bridgehead atoms. The fourth-order valence-electron chi connectivity index (χ4n) is 2.37. The van der Waals surface area contributed by atoms with Crippen LogP contribution in [0.15, 0.2) is 33.8 Å². The summed E-state index contributed by atoms with van der Waals surface area (Å²) in [6, 6.07) is 5.29. The van der Waals surface area contributed by atoms with Gasteiger partial charge in [-0.3, -0.25) is 14.2 Å². The number of thiazole rings is 1. The van der Waals surface area contributed by atoms with E-state index in [4.69, 9.17) is 0 Å². The predicted octanol–water partition coefficient (Wildman–Crippen LogP) is 3.13. The highest BCUT2D eigenvalue weighted by Gasteiger charge is 2.12. The lowest BCUT2D eigenvalue weighted by atomic mass is 10.2. The minimum Gasteiger partial charge on any atom is -0.300 e. The number of hydrogen-bond donors (Lipinski definition) is 1. The maximum Gasteiger partial charge on any atom is 0.261 e. The van der Waals surface area contributed by atoms with Gasteiger partial charge < -0.3 is 5.32 Å². The van der Waals surface area contributed by atoms with Crippen molar-refractivity contribution in [1.82, 2.24) is 14.5 Å². The summed E-state index contributed by atoms with van der Waals surface area (Å²) in [6.45, 7) is 3.89. The van der Waals surface area contributed by atoms with Crippen molar-refractivity contribution in [3.8, 4) is 0 Å². The molecule has 1 amide bonds. The highest BCUT2D eigenvalue weighted by atomic mass is 79.9. The Bertz CT molecular complexity index is 980. The highest BCUT2D eigenvalue weighted by Crippen LogP contribution is 2.22. The lowest BCUT2D eigenvalue weighted by molar-refractivity contribution is -0.116. The maximum atomic E-state index is 12.5. The van der Waals surface area contributed by atoms with E-state index in [0.717, 1.165) is 21.5 Å². The number of carbonyl (C=O) groups excluding carboxylic acids is 1. The first kappa shape index (κ1) is 16.8. The fraction of sp³-hybridized carbons (Fsp3) is 0.250. The monoisotopic (exact) mass is 406 g/mol. The van der Waals surface area contributed by atoms with E-state index in [1.54, 1.807) is 12.1 Å². The van der Waals surface area contributed by atoms with Crippen LogP contribution in [0.5, 0.6) is 0 Å². The van der Waals surface area contributed by atoms with Crippen LogP contribution in [0, 0.1) is 6.92 Å². The molecule has 0 aliphatic rings. The number of nitrogens with zero attached hydrogens (tertiary/aromatic N) is 3. The van der Waals surface area contributed by atoms with Crippen molar-refractivity contribution in [1.29, 1.82) is 0 Å². The summed E-state index contributed by atoms with van der Waals surface area (Å²) >= 11 is 4.77. The van der Waals surface area contributed by atoms with E-state index >= 15 is 0 Å². The quantitative estimate of drug-likeness (QED) is 0.721. The van der Waals surface area contributed by atoms with Crippen LogP contribution >= 0.6 is 27.3 Å². The third-order valence-electron chi connectivity index (χ3n) is 3.57. The Morgan fingerprint density at radius 1 is 1.42 bits per heavy atom. The Balaban J connectivity index is 1.82. The van der Waals surface area contributed by atoms with Gasteiger partial charge in [-0.2, -0.15) is 0 Å². The number of nitrogens with one attached hydrogen (secondary N) is 1. The molecule has 0 fully saturated rings. The Labute approximate surface area is 150 Å². The van der Waals surface area contributed by atoms with Crippen LogP contribution in [-0.4, -0.2) is 20.4 Å². The van der Waals surface area contributed by atoms with Crippen LogP contribution in [0.1, 0.15) is 17.5 Å². The molecule has 0 aliphatic heterocycles. The maximum absolute atomic E-state index is 12.5. The fourth-order valence-corrected chi connectivity index (χ4v) is 3.65. The molecule has 0 saturated carbocycles.